The van der Waals surface area contributed by atoms with E-state index in [-0.39, 0.29) is 22.0 Å². The van der Waals surface area contributed by atoms with Crippen LogP contribution >= 0.6 is 11.6 Å². The first-order valence-electron chi connectivity index (χ1n) is 7.40. The number of carbonyl (C=O) groups is 2. The van der Waals surface area contributed by atoms with Gasteiger partial charge in [0.2, 0.25) is 5.91 Å². The van der Waals surface area contributed by atoms with Gasteiger partial charge in [0.25, 0.3) is 0 Å². The van der Waals surface area contributed by atoms with Crippen molar-refractivity contribution in [1.82, 2.24) is 0 Å². The van der Waals surface area contributed by atoms with Crippen molar-refractivity contribution in [3.05, 3.63) is 64.2 Å². The van der Waals surface area contributed by atoms with E-state index in [0.29, 0.717) is 11.6 Å². The molecule has 2 rings (SSSR count). The number of anilines is 1. The first kappa shape index (κ1) is 20.9. The molecule has 0 bridgehead atoms. The summed E-state index contributed by atoms with van der Waals surface area (Å²) in [6.45, 7) is 0. The SMILES string of the molecule is O=C(CS(=O)Cc1cccc(C(=O)O)c1)Nc1cc(C(F)(F)F)ccc1Cl. The van der Waals surface area contributed by atoms with E-state index in [1.54, 1.807) is 6.07 Å². The van der Waals surface area contributed by atoms with Gasteiger partial charge in [-0.05, 0) is 35.9 Å². The summed E-state index contributed by atoms with van der Waals surface area (Å²) in [6.07, 6.45) is -4.60. The maximum absolute atomic E-state index is 12.7. The molecule has 0 aliphatic heterocycles. The molecule has 0 fully saturated rings. The van der Waals surface area contributed by atoms with Crippen molar-refractivity contribution < 1.29 is 32.1 Å². The molecule has 0 saturated carbocycles. The molecule has 0 radical (unpaired) electrons. The lowest BCUT2D eigenvalue weighted by Gasteiger charge is -2.11. The highest BCUT2D eigenvalue weighted by molar-refractivity contribution is 7.84. The molecule has 144 valence electrons. The quantitative estimate of drug-likeness (QED) is 0.742. The molecule has 2 aromatic carbocycles. The van der Waals surface area contributed by atoms with Gasteiger partial charge >= 0.3 is 12.1 Å². The topological polar surface area (TPSA) is 83.5 Å². The number of halogens is 4. The zero-order chi connectivity index (χ0) is 20.2. The summed E-state index contributed by atoms with van der Waals surface area (Å²) in [7, 11) is -1.70. The number of rotatable bonds is 6. The third-order valence-electron chi connectivity index (χ3n) is 3.36. The molecule has 2 N–H and O–H groups in total. The van der Waals surface area contributed by atoms with Gasteiger partial charge in [-0.3, -0.25) is 9.00 Å². The number of carboxylic acid groups (broad SMARTS) is 1. The lowest BCUT2D eigenvalue weighted by atomic mass is 10.1. The van der Waals surface area contributed by atoms with Crippen molar-refractivity contribution in [2.24, 2.45) is 0 Å². The van der Waals surface area contributed by atoms with Gasteiger partial charge < -0.3 is 10.4 Å². The summed E-state index contributed by atoms with van der Waals surface area (Å²) in [5, 5.41) is 11.1. The number of hydrogen-bond donors (Lipinski definition) is 2. The van der Waals surface area contributed by atoms with Crippen LogP contribution in [0.3, 0.4) is 0 Å². The fourth-order valence-electron chi connectivity index (χ4n) is 2.16. The summed E-state index contributed by atoms with van der Waals surface area (Å²) in [5.41, 5.74) is -0.738. The Morgan fingerprint density at radius 3 is 2.48 bits per heavy atom. The molecule has 27 heavy (non-hydrogen) atoms. The zero-order valence-electron chi connectivity index (χ0n) is 13.5. The molecule has 0 aromatic heterocycles. The highest BCUT2D eigenvalue weighted by atomic mass is 35.5. The van der Waals surface area contributed by atoms with Crippen LogP contribution in [0.4, 0.5) is 18.9 Å². The fourth-order valence-corrected chi connectivity index (χ4v) is 3.34. The van der Waals surface area contributed by atoms with Crippen molar-refractivity contribution >= 4 is 40.0 Å². The van der Waals surface area contributed by atoms with E-state index in [2.05, 4.69) is 5.32 Å². The Kier molecular flexibility index (Phi) is 6.61. The fraction of sp³-hybridized carbons (Fsp3) is 0.176. The second-order valence-electron chi connectivity index (χ2n) is 5.47. The molecule has 0 saturated heterocycles. The molecule has 5 nitrogen and oxygen atoms in total. The van der Waals surface area contributed by atoms with E-state index >= 15 is 0 Å². The molecule has 1 atom stereocenters. The first-order chi connectivity index (χ1) is 12.6. The van der Waals surface area contributed by atoms with Crippen LogP contribution in [-0.2, 0) is 27.5 Å². The van der Waals surface area contributed by atoms with Crippen molar-refractivity contribution in [3.63, 3.8) is 0 Å². The molecule has 10 heteroatoms. The average Bonchev–Trinajstić information content (AvgIpc) is 2.55. The summed E-state index contributed by atoms with van der Waals surface area (Å²) in [6, 6.07) is 8.24. The van der Waals surface area contributed by atoms with Gasteiger partial charge in [0.1, 0.15) is 5.75 Å². The van der Waals surface area contributed by atoms with Crippen molar-refractivity contribution in [2.75, 3.05) is 11.1 Å². The predicted octanol–water partition coefficient (Wildman–Crippen LogP) is 3.94. The van der Waals surface area contributed by atoms with Crippen LogP contribution in [0.2, 0.25) is 5.02 Å². The highest BCUT2D eigenvalue weighted by Crippen LogP contribution is 2.33. The third-order valence-corrected chi connectivity index (χ3v) is 4.93. The van der Waals surface area contributed by atoms with Crippen molar-refractivity contribution in [3.8, 4) is 0 Å². The Bertz CT molecular complexity index is 902. The van der Waals surface area contributed by atoms with Gasteiger partial charge in [-0.15, -0.1) is 0 Å². The summed E-state index contributed by atoms with van der Waals surface area (Å²) >= 11 is 5.79. The maximum Gasteiger partial charge on any atom is 0.416 e. The standard InChI is InChI=1S/C17H13ClF3NO4S/c18-13-5-4-12(17(19,20)21)7-14(13)22-15(23)9-27(26)8-10-2-1-3-11(6-10)16(24)25/h1-7H,8-9H2,(H,22,23)(H,24,25). The molecule has 1 unspecified atom stereocenters. The zero-order valence-corrected chi connectivity index (χ0v) is 15.1. The van der Waals surface area contributed by atoms with E-state index in [0.717, 1.165) is 12.1 Å². The molecule has 0 aliphatic rings. The van der Waals surface area contributed by atoms with Gasteiger partial charge in [-0.25, -0.2) is 4.79 Å². The highest BCUT2D eigenvalue weighted by Gasteiger charge is 2.31. The summed E-state index contributed by atoms with van der Waals surface area (Å²) < 4.78 is 50.3. The van der Waals surface area contributed by atoms with Crippen molar-refractivity contribution in [2.45, 2.75) is 11.9 Å². The second-order valence-corrected chi connectivity index (χ2v) is 7.34. The Hall–Kier alpha value is -2.39. The third kappa shape index (κ3) is 6.07. The number of hydrogen-bond acceptors (Lipinski definition) is 3. The number of carbonyl (C=O) groups excluding carboxylic acids is 1. The number of carboxylic acids is 1. The van der Waals surface area contributed by atoms with Crippen LogP contribution in [0.15, 0.2) is 42.5 Å². The Balaban J connectivity index is 2.02. The van der Waals surface area contributed by atoms with E-state index in [9.17, 15) is 27.0 Å². The number of benzene rings is 2. The average molecular weight is 420 g/mol. The molecule has 1 amide bonds. The van der Waals surface area contributed by atoms with Gasteiger partial charge in [-0.2, -0.15) is 13.2 Å². The predicted molar refractivity (Wildman–Crippen MR) is 95.2 cm³/mol. The largest absolute Gasteiger partial charge is 0.478 e. The van der Waals surface area contributed by atoms with Crippen LogP contribution in [0.1, 0.15) is 21.5 Å². The Labute approximate surface area is 159 Å². The van der Waals surface area contributed by atoms with Crippen LogP contribution in [0.5, 0.6) is 0 Å². The number of amides is 1. The van der Waals surface area contributed by atoms with E-state index in [1.165, 1.54) is 18.2 Å². The Morgan fingerprint density at radius 1 is 1.15 bits per heavy atom. The first-order valence-corrected chi connectivity index (χ1v) is 9.26. The maximum atomic E-state index is 12.7. The smallest absolute Gasteiger partial charge is 0.416 e. The van der Waals surface area contributed by atoms with Crippen molar-refractivity contribution in [1.29, 1.82) is 0 Å². The van der Waals surface area contributed by atoms with Crippen LogP contribution in [-0.4, -0.2) is 26.9 Å². The summed E-state index contributed by atoms with van der Waals surface area (Å²) in [5.74, 6) is -2.47. The van der Waals surface area contributed by atoms with Gasteiger partial charge in [0, 0.05) is 16.6 Å². The van der Waals surface area contributed by atoms with Gasteiger partial charge in [-0.1, -0.05) is 23.7 Å². The van der Waals surface area contributed by atoms with Gasteiger partial charge in [0.05, 0.1) is 21.8 Å². The minimum absolute atomic E-state index is 0.0182. The second kappa shape index (κ2) is 8.53. The molecular formula is C17H13ClF3NO4S. The number of aromatic carboxylic acids is 1. The number of alkyl halides is 3. The molecular weight excluding hydrogens is 407 g/mol. The lowest BCUT2D eigenvalue weighted by molar-refractivity contribution is -0.137. The minimum atomic E-state index is -4.60. The van der Waals surface area contributed by atoms with Crippen LogP contribution in [0.25, 0.3) is 0 Å². The van der Waals surface area contributed by atoms with Gasteiger partial charge in [0.15, 0.2) is 0 Å². The molecule has 0 aliphatic carbocycles. The molecule has 2 aromatic rings. The molecule has 0 spiro atoms. The van der Waals surface area contributed by atoms with E-state index < -0.39 is 40.2 Å². The normalized spacial score (nSPS) is 12.4. The van der Waals surface area contributed by atoms with Crippen LogP contribution < -0.4 is 5.32 Å². The monoisotopic (exact) mass is 419 g/mol. The van der Waals surface area contributed by atoms with E-state index in [1.807, 2.05) is 0 Å². The summed E-state index contributed by atoms with van der Waals surface area (Å²) in [4.78, 5) is 22.9. The van der Waals surface area contributed by atoms with E-state index in [4.69, 9.17) is 16.7 Å². The minimum Gasteiger partial charge on any atom is -0.478 e. The lowest BCUT2D eigenvalue weighted by Crippen LogP contribution is -2.21. The molecule has 0 heterocycles. The van der Waals surface area contributed by atoms with Crippen LogP contribution in [0, 0.1) is 0 Å². The Morgan fingerprint density at radius 2 is 1.85 bits per heavy atom. The number of nitrogens with one attached hydrogen (secondary N) is 1.